The number of carbonyl (C=O) groups is 2. The monoisotopic (exact) mass is 471 g/mol. The molecule has 0 saturated carbocycles. The zero-order valence-electron chi connectivity index (χ0n) is 19.5. The molecule has 1 aromatic carbocycles. The number of nitrogens with zero attached hydrogens (tertiary/aromatic N) is 2. The highest BCUT2D eigenvalue weighted by Crippen LogP contribution is 2.40. The average Bonchev–Trinajstić information content (AvgIpc) is 3.17. The van der Waals surface area contributed by atoms with Crippen LogP contribution in [0, 0.1) is 5.92 Å². The number of esters is 1. The molecule has 2 aromatic rings. The van der Waals surface area contributed by atoms with Gasteiger partial charge in [-0.15, -0.1) is 11.3 Å². The number of nitrogens with one attached hydrogen (secondary N) is 1. The number of rotatable bonds is 8. The third kappa shape index (κ3) is 6.13. The molecule has 2 aliphatic rings. The molecule has 1 unspecified atom stereocenters. The number of benzene rings is 1. The molecule has 1 aliphatic carbocycles. The SMILES string of the molecule is COC(=O)c1c(NC(=O)CN2CCN(CCOc3ccccc3)CC2)sc2c1CCC(C)C2. The van der Waals surface area contributed by atoms with E-state index < -0.39 is 0 Å². The summed E-state index contributed by atoms with van der Waals surface area (Å²) in [5.41, 5.74) is 1.62. The first-order valence-electron chi connectivity index (χ1n) is 11.7. The van der Waals surface area contributed by atoms with Crippen molar-refractivity contribution in [3.05, 3.63) is 46.3 Å². The zero-order chi connectivity index (χ0) is 23.2. The van der Waals surface area contributed by atoms with Crippen molar-refractivity contribution in [2.45, 2.75) is 26.2 Å². The molecule has 7 nitrogen and oxygen atoms in total. The van der Waals surface area contributed by atoms with Crippen molar-refractivity contribution in [2.75, 3.05) is 58.3 Å². The van der Waals surface area contributed by atoms with Gasteiger partial charge in [0.25, 0.3) is 0 Å². The maximum atomic E-state index is 12.8. The molecule has 0 bridgehead atoms. The summed E-state index contributed by atoms with van der Waals surface area (Å²) in [6.45, 7) is 7.56. The number of anilines is 1. The van der Waals surface area contributed by atoms with Crippen LogP contribution in [-0.4, -0.2) is 74.7 Å². The fourth-order valence-corrected chi connectivity index (χ4v) is 5.92. The van der Waals surface area contributed by atoms with E-state index in [9.17, 15) is 9.59 Å². The summed E-state index contributed by atoms with van der Waals surface area (Å²) in [6.07, 6.45) is 2.88. The fraction of sp³-hybridized carbons (Fsp3) is 0.520. The van der Waals surface area contributed by atoms with Gasteiger partial charge >= 0.3 is 5.97 Å². The molecule has 1 aromatic heterocycles. The van der Waals surface area contributed by atoms with E-state index in [0.29, 0.717) is 29.6 Å². The molecule has 33 heavy (non-hydrogen) atoms. The Morgan fingerprint density at radius 2 is 1.85 bits per heavy atom. The van der Waals surface area contributed by atoms with Gasteiger partial charge in [0.05, 0.1) is 19.2 Å². The van der Waals surface area contributed by atoms with Crippen LogP contribution in [0.4, 0.5) is 5.00 Å². The lowest BCUT2D eigenvalue weighted by Gasteiger charge is -2.34. The quantitative estimate of drug-likeness (QED) is 0.596. The third-order valence-electron chi connectivity index (χ3n) is 6.41. The summed E-state index contributed by atoms with van der Waals surface area (Å²) in [5, 5.41) is 3.65. The molecule has 2 heterocycles. The largest absolute Gasteiger partial charge is 0.492 e. The predicted octanol–water partition coefficient (Wildman–Crippen LogP) is 3.29. The van der Waals surface area contributed by atoms with Crippen LogP contribution in [0.25, 0.3) is 0 Å². The number of ether oxygens (including phenoxy) is 2. The first kappa shape index (κ1) is 23.7. The Bertz CT molecular complexity index is 954. The summed E-state index contributed by atoms with van der Waals surface area (Å²) in [6, 6.07) is 9.85. The Hall–Kier alpha value is -2.42. The van der Waals surface area contributed by atoms with E-state index in [1.165, 1.54) is 23.3 Å². The van der Waals surface area contributed by atoms with Gasteiger partial charge < -0.3 is 14.8 Å². The molecule has 1 saturated heterocycles. The van der Waals surface area contributed by atoms with E-state index in [2.05, 4.69) is 22.0 Å². The number of carbonyl (C=O) groups excluding carboxylic acids is 2. The number of piperazine rings is 1. The van der Waals surface area contributed by atoms with E-state index in [1.54, 1.807) is 0 Å². The Kier molecular flexibility index (Phi) is 8.01. The van der Waals surface area contributed by atoms with Gasteiger partial charge in [0.2, 0.25) is 5.91 Å². The van der Waals surface area contributed by atoms with E-state index in [4.69, 9.17) is 9.47 Å². The number of hydrogen-bond donors (Lipinski definition) is 1. The highest BCUT2D eigenvalue weighted by atomic mass is 32.1. The second-order valence-corrected chi connectivity index (χ2v) is 9.98. The molecule has 1 N–H and O–H groups in total. The van der Waals surface area contributed by atoms with Crippen molar-refractivity contribution in [2.24, 2.45) is 5.92 Å². The summed E-state index contributed by atoms with van der Waals surface area (Å²) in [7, 11) is 1.40. The minimum absolute atomic E-state index is 0.0762. The zero-order valence-corrected chi connectivity index (χ0v) is 20.3. The van der Waals surface area contributed by atoms with E-state index in [1.807, 2.05) is 30.3 Å². The van der Waals surface area contributed by atoms with E-state index in [-0.39, 0.29) is 11.9 Å². The van der Waals surface area contributed by atoms with Crippen LogP contribution in [0.3, 0.4) is 0 Å². The van der Waals surface area contributed by atoms with Gasteiger partial charge in [0, 0.05) is 37.6 Å². The lowest BCUT2D eigenvalue weighted by atomic mass is 9.88. The lowest BCUT2D eigenvalue weighted by molar-refractivity contribution is -0.117. The van der Waals surface area contributed by atoms with Gasteiger partial charge in [-0.05, 0) is 42.9 Å². The molecule has 0 spiro atoms. The number of hydrogen-bond acceptors (Lipinski definition) is 7. The predicted molar refractivity (Wildman–Crippen MR) is 130 cm³/mol. The second-order valence-electron chi connectivity index (χ2n) is 8.87. The molecule has 1 amide bonds. The van der Waals surface area contributed by atoms with Crippen molar-refractivity contribution in [1.29, 1.82) is 0 Å². The molecule has 1 aliphatic heterocycles. The molecule has 4 rings (SSSR count). The van der Waals surface area contributed by atoms with Gasteiger partial charge in [-0.1, -0.05) is 25.1 Å². The van der Waals surface area contributed by atoms with E-state index >= 15 is 0 Å². The van der Waals surface area contributed by atoms with Gasteiger partial charge in [0.15, 0.2) is 0 Å². The summed E-state index contributed by atoms with van der Waals surface area (Å²) in [5.74, 6) is 1.06. The maximum Gasteiger partial charge on any atom is 0.341 e. The van der Waals surface area contributed by atoms with Crippen LogP contribution in [0.1, 0.15) is 34.1 Å². The summed E-state index contributed by atoms with van der Waals surface area (Å²) in [4.78, 5) is 31.0. The van der Waals surface area contributed by atoms with Crippen LogP contribution in [0.5, 0.6) is 5.75 Å². The normalized spacial score (nSPS) is 19.0. The van der Waals surface area contributed by atoms with Crippen molar-refractivity contribution >= 4 is 28.2 Å². The Labute approximate surface area is 199 Å². The van der Waals surface area contributed by atoms with Gasteiger partial charge in [-0.25, -0.2) is 4.79 Å². The van der Waals surface area contributed by atoms with Crippen molar-refractivity contribution < 1.29 is 19.1 Å². The van der Waals surface area contributed by atoms with Crippen LogP contribution in [0.15, 0.2) is 30.3 Å². The van der Waals surface area contributed by atoms with Gasteiger partial charge in [0.1, 0.15) is 17.4 Å². The molecule has 178 valence electrons. The van der Waals surface area contributed by atoms with Crippen molar-refractivity contribution in [1.82, 2.24) is 9.80 Å². The highest BCUT2D eigenvalue weighted by Gasteiger charge is 2.29. The first-order valence-corrected chi connectivity index (χ1v) is 12.5. The number of amides is 1. The number of fused-ring (bicyclic) bond motifs is 1. The fourth-order valence-electron chi connectivity index (χ4n) is 4.51. The molecular weight excluding hydrogens is 438 g/mol. The third-order valence-corrected chi connectivity index (χ3v) is 7.58. The minimum atomic E-state index is -0.358. The summed E-state index contributed by atoms with van der Waals surface area (Å²) < 4.78 is 10.8. The molecular formula is C25H33N3O4S. The molecule has 1 atom stereocenters. The van der Waals surface area contributed by atoms with Gasteiger partial charge in [-0.2, -0.15) is 0 Å². The highest BCUT2D eigenvalue weighted by molar-refractivity contribution is 7.17. The Morgan fingerprint density at radius 3 is 2.58 bits per heavy atom. The number of thiophene rings is 1. The summed E-state index contributed by atoms with van der Waals surface area (Å²) >= 11 is 1.53. The smallest absolute Gasteiger partial charge is 0.341 e. The Morgan fingerprint density at radius 1 is 1.12 bits per heavy atom. The lowest BCUT2D eigenvalue weighted by Crippen LogP contribution is -2.49. The molecule has 1 fully saturated rings. The van der Waals surface area contributed by atoms with Gasteiger partial charge in [-0.3, -0.25) is 14.6 Å². The second kappa shape index (κ2) is 11.1. The first-order chi connectivity index (χ1) is 16.0. The van der Waals surface area contributed by atoms with Crippen LogP contribution in [0.2, 0.25) is 0 Å². The molecule has 0 radical (unpaired) electrons. The standard InChI is InChI=1S/C25H33N3O4S/c1-18-8-9-20-21(16-18)33-24(23(20)25(30)31-2)26-22(29)17-28-12-10-27(11-13-28)14-15-32-19-6-4-3-5-7-19/h3-7,18H,8-17H2,1-2H3,(H,26,29). The van der Waals surface area contributed by atoms with Crippen LogP contribution < -0.4 is 10.1 Å². The maximum absolute atomic E-state index is 12.8. The Balaban J connectivity index is 1.26. The van der Waals surface area contributed by atoms with E-state index in [0.717, 1.165) is 63.3 Å². The van der Waals surface area contributed by atoms with Crippen LogP contribution >= 0.6 is 11.3 Å². The number of methoxy groups -OCH3 is 1. The topological polar surface area (TPSA) is 71.1 Å². The van der Waals surface area contributed by atoms with Crippen molar-refractivity contribution in [3.8, 4) is 5.75 Å². The van der Waals surface area contributed by atoms with Crippen molar-refractivity contribution in [3.63, 3.8) is 0 Å². The average molecular weight is 472 g/mol. The minimum Gasteiger partial charge on any atom is -0.492 e. The molecule has 8 heteroatoms. The number of para-hydroxylation sites is 1. The van der Waals surface area contributed by atoms with Crippen LogP contribution in [-0.2, 0) is 22.4 Å².